The molecule has 1 aromatic carbocycles. The van der Waals surface area contributed by atoms with Gasteiger partial charge in [0.05, 0.1) is 7.11 Å². The first kappa shape index (κ1) is 14.0. The number of hydrogen-bond donors (Lipinski definition) is 1. The lowest BCUT2D eigenvalue weighted by Crippen LogP contribution is -2.18. The van der Waals surface area contributed by atoms with E-state index in [-0.39, 0.29) is 11.8 Å². The summed E-state index contributed by atoms with van der Waals surface area (Å²) < 4.78 is 9.95. The lowest BCUT2D eigenvalue weighted by atomic mass is 10.1. The molecule has 6 nitrogen and oxygen atoms in total. The minimum Gasteiger partial charge on any atom is -0.496 e. The van der Waals surface area contributed by atoms with Crippen molar-refractivity contribution in [3.05, 3.63) is 23.8 Å². The fourth-order valence-corrected chi connectivity index (χ4v) is 1.75. The molecule has 0 aliphatic rings. The van der Waals surface area contributed by atoms with Gasteiger partial charge < -0.3 is 10.1 Å². The number of carbonyl (C=O) groups excluding carboxylic acids is 1. The third-order valence-corrected chi connectivity index (χ3v) is 2.92. The van der Waals surface area contributed by atoms with Gasteiger partial charge in [-0.1, -0.05) is 13.8 Å². The number of benzene rings is 1. The Balaban J connectivity index is 2.32. The Labute approximate surface area is 117 Å². The van der Waals surface area contributed by atoms with Gasteiger partial charge in [-0.3, -0.25) is 4.79 Å². The number of hydrogen-bond acceptors (Lipinski definition) is 5. The van der Waals surface area contributed by atoms with Crippen LogP contribution in [0.25, 0.3) is 11.3 Å². The average molecular weight is 275 g/mol. The number of anilines is 1. The van der Waals surface area contributed by atoms with Crippen LogP contribution in [-0.4, -0.2) is 23.3 Å². The molecule has 0 fully saturated rings. The number of carbonyl (C=O) groups is 1. The number of amides is 1. The van der Waals surface area contributed by atoms with E-state index in [4.69, 9.17) is 9.37 Å². The summed E-state index contributed by atoms with van der Waals surface area (Å²) in [5.74, 6) is 0.843. The van der Waals surface area contributed by atoms with Gasteiger partial charge in [0, 0.05) is 11.5 Å². The van der Waals surface area contributed by atoms with E-state index in [9.17, 15) is 4.79 Å². The molecular formula is C14H17N3O3. The van der Waals surface area contributed by atoms with Crippen LogP contribution in [0.4, 0.5) is 5.82 Å². The number of aryl methyl sites for hydroxylation is 1. The van der Waals surface area contributed by atoms with Crippen LogP contribution in [0.2, 0.25) is 0 Å². The lowest BCUT2D eigenvalue weighted by molar-refractivity contribution is -0.118. The SMILES string of the molecule is COc1ccc(-c2nonc2NC(=O)C(C)C)cc1C. The number of ether oxygens (including phenoxy) is 1. The number of nitrogens with zero attached hydrogens (tertiary/aromatic N) is 2. The minimum atomic E-state index is -0.142. The Morgan fingerprint density at radius 1 is 1.35 bits per heavy atom. The summed E-state index contributed by atoms with van der Waals surface area (Å²) in [5, 5.41) is 10.3. The minimum absolute atomic E-state index is 0.132. The Bertz CT molecular complexity index is 620. The van der Waals surface area contributed by atoms with Crippen molar-refractivity contribution in [1.29, 1.82) is 0 Å². The zero-order valence-electron chi connectivity index (χ0n) is 11.9. The van der Waals surface area contributed by atoms with Crippen LogP contribution in [0.15, 0.2) is 22.8 Å². The normalized spacial score (nSPS) is 10.7. The molecule has 0 saturated carbocycles. The van der Waals surface area contributed by atoms with Crippen molar-refractivity contribution in [3.63, 3.8) is 0 Å². The summed E-state index contributed by atoms with van der Waals surface area (Å²) in [5.41, 5.74) is 2.28. The second-order valence-electron chi connectivity index (χ2n) is 4.79. The van der Waals surface area contributed by atoms with Gasteiger partial charge in [-0.25, -0.2) is 4.63 Å². The van der Waals surface area contributed by atoms with Gasteiger partial charge in [-0.2, -0.15) is 0 Å². The van der Waals surface area contributed by atoms with Crippen LogP contribution in [-0.2, 0) is 4.79 Å². The van der Waals surface area contributed by atoms with Gasteiger partial charge in [0.15, 0.2) is 5.69 Å². The zero-order chi connectivity index (χ0) is 14.7. The molecule has 0 unspecified atom stereocenters. The third-order valence-electron chi connectivity index (χ3n) is 2.92. The maximum Gasteiger partial charge on any atom is 0.228 e. The smallest absolute Gasteiger partial charge is 0.228 e. The second kappa shape index (κ2) is 5.73. The summed E-state index contributed by atoms with van der Waals surface area (Å²) in [6, 6.07) is 5.59. The monoisotopic (exact) mass is 275 g/mol. The number of methoxy groups -OCH3 is 1. The second-order valence-corrected chi connectivity index (χ2v) is 4.79. The molecule has 1 heterocycles. The summed E-state index contributed by atoms with van der Waals surface area (Å²) in [7, 11) is 1.62. The standard InChI is InChI=1S/C14H17N3O3/c1-8(2)14(18)15-13-12(16-20-17-13)10-5-6-11(19-4)9(3)7-10/h5-8H,1-4H3,(H,15,17,18). The van der Waals surface area contributed by atoms with Crippen LogP contribution < -0.4 is 10.1 Å². The van der Waals surface area contributed by atoms with Crippen LogP contribution >= 0.6 is 0 Å². The van der Waals surface area contributed by atoms with E-state index in [0.717, 1.165) is 16.9 Å². The first-order valence-electron chi connectivity index (χ1n) is 6.31. The highest BCUT2D eigenvalue weighted by Gasteiger charge is 2.17. The van der Waals surface area contributed by atoms with Gasteiger partial charge in [0.1, 0.15) is 5.75 Å². The molecule has 1 amide bonds. The van der Waals surface area contributed by atoms with Crippen LogP contribution in [0, 0.1) is 12.8 Å². The highest BCUT2D eigenvalue weighted by Crippen LogP contribution is 2.28. The third kappa shape index (κ3) is 2.79. The predicted octanol–water partition coefficient (Wildman–Crippen LogP) is 2.65. The molecule has 0 spiro atoms. The summed E-state index contributed by atoms with van der Waals surface area (Å²) in [4.78, 5) is 11.7. The van der Waals surface area contributed by atoms with Gasteiger partial charge in [0.2, 0.25) is 11.7 Å². The molecule has 0 bridgehead atoms. The Morgan fingerprint density at radius 3 is 2.70 bits per heavy atom. The van der Waals surface area contributed by atoms with E-state index in [0.29, 0.717) is 11.5 Å². The quantitative estimate of drug-likeness (QED) is 0.928. The first-order valence-corrected chi connectivity index (χ1v) is 6.31. The van der Waals surface area contributed by atoms with Crippen molar-refractivity contribution in [2.24, 2.45) is 5.92 Å². The molecule has 1 N–H and O–H groups in total. The molecule has 0 radical (unpaired) electrons. The van der Waals surface area contributed by atoms with E-state index in [1.807, 2.05) is 25.1 Å². The molecule has 20 heavy (non-hydrogen) atoms. The number of nitrogens with one attached hydrogen (secondary N) is 1. The van der Waals surface area contributed by atoms with Gasteiger partial charge in [0.25, 0.3) is 0 Å². The topological polar surface area (TPSA) is 77.2 Å². The Kier molecular flexibility index (Phi) is 4.02. The van der Waals surface area contributed by atoms with Crippen molar-refractivity contribution < 1.29 is 14.2 Å². The molecular weight excluding hydrogens is 258 g/mol. The predicted molar refractivity (Wildman–Crippen MR) is 74.5 cm³/mol. The number of aromatic nitrogens is 2. The van der Waals surface area contributed by atoms with E-state index in [1.54, 1.807) is 21.0 Å². The largest absolute Gasteiger partial charge is 0.496 e. The van der Waals surface area contributed by atoms with E-state index in [1.165, 1.54) is 0 Å². The van der Waals surface area contributed by atoms with Crippen LogP contribution in [0.3, 0.4) is 0 Å². The van der Waals surface area contributed by atoms with Crippen molar-refractivity contribution >= 4 is 11.7 Å². The molecule has 1 aromatic heterocycles. The van der Waals surface area contributed by atoms with Crippen molar-refractivity contribution in [1.82, 2.24) is 10.3 Å². The van der Waals surface area contributed by atoms with E-state index in [2.05, 4.69) is 15.6 Å². The number of rotatable bonds is 4. The fraction of sp³-hybridized carbons (Fsp3) is 0.357. The summed E-state index contributed by atoms with van der Waals surface area (Å²) >= 11 is 0. The maximum atomic E-state index is 11.7. The van der Waals surface area contributed by atoms with Crippen molar-refractivity contribution in [2.45, 2.75) is 20.8 Å². The van der Waals surface area contributed by atoms with Gasteiger partial charge in [-0.15, -0.1) is 0 Å². The lowest BCUT2D eigenvalue weighted by Gasteiger charge is -2.07. The first-order chi connectivity index (χ1) is 9.52. The molecule has 0 aliphatic heterocycles. The molecule has 0 saturated heterocycles. The van der Waals surface area contributed by atoms with E-state index >= 15 is 0 Å². The Hall–Kier alpha value is -2.37. The fourth-order valence-electron chi connectivity index (χ4n) is 1.75. The highest BCUT2D eigenvalue weighted by molar-refractivity contribution is 5.94. The highest BCUT2D eigenvalue weighted by atomic mass is 16.6. The molecule has 0 atom stereocenters. The zero-order valence-corrected chi connectivity index (χ0v) is 11.9. The maximum absolute atomic E-state index is 11.7. The molecule has 6 heteroatoms. The molecule has 2 aromatic rings. The van der Waals surface area contributed by atoms with Crippen molar-refractivity contribution in [3.8, 4) is 17.0 Å². The van der Waals surface area contributed by atoms with E-state index < -0.39 is 0 Å². The van der Waals surface area contributed by atoms with Crippen LogP contribution in [0.1, 0.15) is 19.4 Å². The molecule has 106 valence electrons. The van der Waals surface area contributed by atoms with Crippen LogP contribution in [0.5, 0.6) is 5.75 Å². The van der Waals surface area contributed by atoms with Crippen molar-refractivity contribution in [2.75, 3.05) is 12.4 Å². The van der Waals surface area contributed by atoms with Gasteiger partial charge in [-0.05, 0) is 41.0 Å². The summed E-state index contributed by atoms with van der Waals surface area (Å²) in [6.45, 7) is 5.54. The summed E-state index contributed by atoms with van der Waals surface area (Å²) in [6.07, 6.45) is 0. The Morgan fingerprint density at radius 2 is 2.10 bits per heavy atom. The average Bonchev–Trinajstić information content (AvgIpc) is 2.86. The molecule has 2 rings (SSSR count). The van der Waals surface area contributed by atoms with Gasteiger partial charge >= 0.3 is 0 Å². The molecule has 0 aliphatic carbocycles.